The van der Waals surface area contributed by atoms with Gasteiger partial charge >= 0.3 is 0 Å². The Morgan fingerprint density at radius 3 is 1.20 bits per heavy atom. The third-order valence-corrected chi connectivity index (χ3v) is 12.4. The molecule has 4 nitrogen and oxygen atoms in total. The number of hydrogen-bond acceptors (Lipinski definition) is 2. The third kappa shape index (κ3) is 4.78. The van der Waals surface area contributed by atoms with Crippen molar-refractivity contribution in [1.82, 2.24) is 9.13 Å². The van der Waals surface area contributed by atoms with Gasteiger partial charge in [0.1, 0.15) is 22.3 Å². The van der Waals surface area contributed by atoms with Gasteiger partial charge in [-0.05, 0) is 126 Å². The smallest absolute Gasteiger partial charge is 0.135 e. The van der Waals surface area contributed by atoms with Gasteiger partial charge < -0.3 is 18.0 Å². The lowest BCUT2D eigenvalue weighted by atomic mass is 9.97. The summed E-state index contributed by atoms with van der Waals surface area (Å²) >= 11 is 0. The van der Waals surface area contributed by atoms with Crippen LogP contribution in [0.15, 0.2) is 197 Å². The van der Waals surface area contributed by atoms with Gasteiger partial charge in [-0.15, -0.1) is 0 Å². The number of furan rings is 2. The number of para-hydroxylation sites is 3. The van der Waals surface area contributed by atoms with Crippen LogP contribution < -0.4 is 0 Å². The van der Waals surface area contributed by atoms with Crippen LogP contribution in [-0.4, -0.2) is 9.13 Å². The summed E-state index contributed by atoms with van der Waals surface area (Å²) in [5, 5.41) is 9.44. The van der Waals surface area contributed by atoms with Gasteiger partial charge in [0.05, 0.1) is 22.1 Å². The highest BCUT2D eigenvalue weighted by atomic mass is 16.3. The fourth-order valence-corrected chi connectivity index (χ4v) is 9.61. The van der Waals surface area contributed by atoms with E-state index in [1.807, 2.05) is 0 Å². The van der Waals surface area contributed by atoms with Crippen molar-refractivity contribution in [3.63, 3.8) is 0 Å². The molecule has 4 heterocycles. The van der Waals surface area contributed by atoms with Crippen LogP contribution in [0.4, 0.5) is 0 Å². The number of aromatic nitrogens is 2. The van der Waals surface area contributed by atoms with Crippen LogP contribution in [0.3, 0.4) is 0 Å². The molecule has 0 bridgehead atoms. The van der Waals surface area contributed by atoms with E-state index >= 15 is 0 Å². The van der Waals surface area contributed by atoms with Crippen molar-refractivity contribution < 1.29 is 8.83 Å². The zero-order valence-corrected chi connectivity index (χ0v) is 32.1. The fourth-order valence-electron chi connectivity index (χ4n) is 9.61. The molecule has 0 saturated heterocycles. The largest absolute Gasteiger partial charge is 0.456 e. The van der Waals surface area contributed by atoms with Crippen molar-refractivity contribution in [3.05, 3.63) is 194 Å². The van der Waals surface area contributed by atoms with Crippen molar-refractivity contribution in [2.75, 3.05) is 0 Å². The maximum atomic E-state index is 6.42. The summed E-state index contributed by atoms with van der Waals surface area (Å²) in [6.07, 6.45) is 0. The molecular formula is C55H34N2O2. The Labute approximate surface area is 338 Å². The molecule has 4 heteroatoms. The van der Waals surface area contributed by atoms with Gasteiger partial charge in [-0.3, -0.25) is 0 Å². The second-order valence-corrected chi connectivity index (χ2v) is 15.8. The fraction of sp³-hybridized carbons (Fsp3) is 0.0182. The Morgan fingerprint density at radius 1 is 0.288 bits per heavy atom. The van der Waals surface area contributed by atoms with Crippen molar-refractivity contribution in [2.45, 2.75) is 6.92 Å². The molecule has 13 rings (SSSR count). The quantitative estimate of drug-likeness (QED) is 0.179. The lowest BCUT2D eigenvalue weighted by molar-refractivity contribution is 0.668. The van der Waals surface area contributed by atoms with E-state index in [1.54, 1.807) is 0 Å². The predicted molar refractivity (Wildman–Crippen MR) is 245 cm³/mol. The monoisotopic (exact) mass is 754 g/mol. The number of aryl methyl sites for hydroxylation is 1. The summed E-state index contributed by atoms with van der Waals surface area (Å²) in [6.45, 7) is 2.16. The molecule has 0 unspecified atom stereocenters. The van der Waals surface area contributed by atoms with Crippen molar-refractivity contribution >= 4 is 87.5 Å². The predicted octanol–water partition coefficient (Wildman–Crippen LogP) is 15.3. The van der Waals surface area contributed by atoms with E-state index in [2.05, 4.69) is 204 Å². The van der Waals surface area contributed by atoms with Gasteiger partial charge in [-0.1, -0.05) is 96.6 Å². The molecule has 0 radical (unpaired) electrons. The number of benzene rings is 9. The molecule has 0 aliphatic rings. The molecule has 0 saturated carbocycles. The van der Waals surface area contributed by atoms with Crippen molar-refractivity contribution in [2.24, 2.45) is 0 Å². The van der Waals surface area contributed by atoms with Crippen LogP contribution in [0.5, 0.6) is 0 Å². The average molecular weight is 755 g/mol. The van der Waals surface area contributed by atoms with Crippen LogP contribution in [-0.2, 0) is 0 Å². The highest BCUT2D eigenvalue weighted by molar-refractivity contribution is 6.13. The van der Waals surface area contributed by atoms with Crippen LogP contribution in [0.25, 0.3) is 121 Å². The first-order valence-electron chi connectivity index (χ1n) is 20.2. The number of rotatable bonds is 4. The molecule has 0 aliphatic heterocycles. The maximum absolute atomic E-state index is 6.42. The summed E-state index contributed by atoms with van der Waals surface area (Å²) in [6, 6.07) is 67.8. The molecule has 9 aromatic carbocycles. The Hall–Kier alpha value is -7.82. The SMILES string of the molecule is Cc1ccc2c(c1)c1ccccc1n2-c1ccc2oc3ccc(-c4cccc(-c5ccc6oc7ccc(-n8c9ccccc9c9ccccc98)cc7c6c5)c4)cc3c2c1. The second-order valence-electron chi connectivity index (χ2n) is 15.8. The topological polar surface area (TPSA) is 36.1 Å². The van der Waals surface area contributed by atoms with Gasteiger partial charge in [0.25, 0.3) is 0 Å². The van der Waals surface area contributed by atoms with Crippen LogP contribution in [0.1, 0.15) is 5.56 Å². The highest BCUT2D eigenvalue weighted by Gasteiger charge is 2.17. The van der Waals surface area contributed by atoms with E-state index in [1.165, 1.54) is 49.2 Å². The van der Waals surface area contributed by atoms with E-state index in [0.29, 0.717) is 0 Å². The number of hydrogen-bond donors (Lipinski definition) is 0. The molecule has 0 atom stereocenters. The van der Waals surface area contributed by atoms with E-state index in [-0.39, 0.29) is 0 Å². The minimum Gasteiger partial charge on any atom is -0.456 e. The molecule has 59 heavy (non-hydrogen) atoms. The van der Waals surface area contributed by atoms with Gasteiger partial charge in [0.15, 0.2) is 0 Å². The summed E-state index contributed by atoms with van der Waals surface area (Å²) in [4.78, 5) is 0. The number of fused-ring (bicyclic) bond motifs is 12. The Balaban J connectivity index is 0.908. The molecule has 13 aromatic rings. The zero-order chi connectivity index (χ0) is 38.8. The molecule has 0 fully saturated rings. The second kappa shape index (κ2) is 12.1. The van der Waals surface area contributed by atoms with E-state index < -0.39 is 0 Å². The minimum atomic E-state index is 0.881. The summed E-state index contributed by atoms with van der Waals surface area (Å²) in [7, 11) is 0. The molecule has 4 aromatic heterocycles. The van der Waals surface area contributed by atoms with Crippen molar-refractivity contribution in [3.8, 4) is 33.6 Å². The Morgan fingerprint density at radius 2 is 0.695 bits per heavy atom. The molecule has 0 N–H and O–H groups in total. The first kappa shape index (κ1) is 32.3. The highest BCUT2D eigenvalue weighted by Crippen LogP contribution is 2.40. The first-order chi connectivity index (χ1) is 29.1. The summed E-state index contributed by atoms with van der Waals surface area (Å²) in [5.74, 6) is 0. The third-order valence-electron chi connectivity index (χ3n) is 12.4. The van der Waals surface area contributed by atoms with Gasteiger partial charge in [0, 0.05) is 54.5 Å². The maximum Gasteiger partial charge on any atom is 0.135 e. The van der Waals surface area contributed by atoms with Gasteiger partial charge in [0.2, 0.25) is 0 Å². The lowest BCUT2D eigenvalue weighted by Crippen LogP contribution is -1.93. The summed E-state index contributed by atoms with van der Waals surface area (Å²) < 4.78 is 17.6. The van der Waals surface area contributed by atoms with Crippen LogP contribution >= 0.6 is 0 Å². The first-order valence-corrected chi connectivity index (χ1v) is 20.2. The molecule has 0 spiro atoms. The average Bonchev–Trinajstić information content (AvgIpc) is 4.03. The van der Waals surface area contributed by atoms with Gasteiger partial charge in [-0.25, -0.2) is 0 Å². The van der Waals surface area contributed by atoms with Crippen molar-refractivity contribution in [1.29, 1.82) is 0 Å². The van der Waals surface area contributed by atoms with Crippen LogP contribution in [0, 0.1) is 6.92 Å². The van der Waals surface area contributed by atoms with E-state index in [9.17, 15) is 0 Å². The Bertz CT molecular complexity index is 3820. The molecule has 0 amide bonds. The molecule has 276 valence electrons. The zero-order valence-electron chi connectivity index (χ0n) is 32.1. The molecule has 0 aliphatic carbocycles. The minimum absolute atomic E-state index is 0.881. The lowest BCUT2D eigenvalue weighted by Gasteiger charge is -2.09. The summed E-state index contributed by atoms with van der Waals surface area (Å²) in [5.41, 5.74) is 16.4. The van der Waals surface area contributed by atoms with Crippen LogP contribution in [0.2, 0.25) is 0 Å². The van der Waals surface area contributed by atoms with E-state index in [4.69, 9.17) is 8.83 Å². The molecular weight excluding hydrogens is 721 g/mol. The Kier molecular flexibility index (Phi) is 6.62. The normalized spacial score (nSPS) is 12.2. The standard InChI is InChI=1S/C55H34N2O2/c1-33-17-22-51-43(27-33)42-13-4-7-16-50(42)57(51)39-21-26-55-47(32-39)45-30-37(19-24-53(45)59-55)35-10-8-9-34(28-35)36-18-23-52-44(29-36)46-31-38(20-25-54(46)58-52)56-48-14-5-2-11-40(48)41-12-3-6-15-49(41)56/h2-32H,1H3. The van der Waals surface area contributed by atoms with E-state index in [0.717, 1.165) is 77.5 Å². The number of nitrogens with zero attached hydrogens (tertiary/aromatic N) is 2. The van der Waals surface area contributed by atoms with Gasteiger partial charge in [-0.2, -0.15) is 0 Å².